The number of hydrogen-bond donors (Lipinski definition) is 1. The van der Waals surface area contributed by atoms with Crippen LogP contribution >= 0.6 is 0 Å². The highest BCUT2D eigenvalue weighted by Gasteiger charge is 2.11. The number of nitrogens with one attached hydrogen (secondary N) is 1. The lowest BCUT2D eigenvalue weighted by atomic mass is 10.1. The van der Waals surface area contributed by atoms with Gasteiger partial charge >= 0.3 is 0 Å². The van der Waals surface area contributed by atoms with Gasteiger partial charge in [-0.2, -0.15) is 5.26 Å². The van der Waals surface area contributed by atoms with Crippen LogP contribution < -0.4 is 5.32 Å². The molecule has 0 saturated heterocycles. The topological polar surface area (TPSA) is 39.1 Å². The maximum atomic E-state index is 8.65. The first-order valence-corrected chi connectivity index (χ1v) is 6.03. The molecule has 3 nitrogen and oxygen atoms in total. The lowest BCUT2D eigenvalue weighted by Gasteiger charge is -2.26. The quantitative estimate of drug-likeness (QED) is 0.667. The molecule has 0 aliphatic carbocycles. The first kappa shape index (κ1) is 14.4. The Morgan fingerprint density at radius 3 is 2.27 bits per heavy atom. The van der Waals surface area contributed by atoms with E-state index in [1.165, 1.54) is 0 Å². The van der Waals surface area contributed by atoms with Gasteiger partial charge in [-0.05, 0) is 26.4 Å². The highest BCUT2D eigenvalue weighted by atomic mass is 15.1. The van der Waals surface area contributed by atoms with E-state index in [-0.39, 0.29) is 0 Å². The van der Waals surface area contributed by atoms with Gasteiger partial charge in [-0.3, -0.25) is 0 Å². The first-order chi connectivity index (χ1) is 7.17. The minimum Gasteiger partial charge on any atom is -0.309 e. The van der Waals surface area contributed by atoms with Crippen LogP contribution in [0.4, 0.5) is 0 Å². The fourth-order valence-corrected chi connectivity index (χ4v) is 1.76. The molecule has 0 aromatic heterocycles. The lowest BCUT2D eigenvalue weighted by Crippen LogP contribution is -2.43. The fourth-order valence-electron chi connectivity index (χ4n) is 1.76. The summed E-state index contributed by atoms with van der Waals surface area (Å²) >= 11 is 0. The van der Waals surface area contributed by atoms with Gasteiger partial charge in [-0.1, -0.05) is 20.8 Å². The molecule has 2 unspecified atom stereocenters. The predicted molar refractivity (Wildman–Crippen MR) is 64.7 cm³/mol. The molecule has 0 saturated carbocycles. The molecule has 1 N–H and O–H groups in total. The summed E-state index contributed by atoms with van der Waals surface area (Å²) in [7, 11) is 0. The van der Waals surface area contributed by atoms with Crippen molar-refractivity contribution in [3.8, 4) is 6.07 Å². The third-order valence-corrected chi connectivity index (χ3v) is 2.78. The SMILES string of the molecule is CCC(CC#N)NC(C)CN(CC)CC. The molecule has 0 aliphatic heterocycles. The van der Waals surface area contributed by atoms with Crippen LogP contribution in [-0.4, -0.2) is 36.6 Å². The van der Waals surface area contributed by atoms with Gasteiger partial charge in [0.2, 0.25) is 0 Å². The fraction of sp³-hybridized carbons (Fsp3) is 0.917. The van der Waals surface area contributed by atoms with E-state index in [0.29, 0.717) is 18.5 Å². The minimum absolute atomic E-state index is 0.348. The molecule has 0 amide bonds. The van der Waals surface area contributed by atoms with Crippen molar-refractivity contribution in [2.75, 3.05) is 19.6 Å². The van der Waals surface area contributed by atoms with E-state index in [0.717, 1.165) is 26.1 Å². The molecule has 0 radical (unpaired) electrons. The van der Waals surface area contributed by atoms with Gasteiger partial charge in [-0.15, -0.1) is 0 Å². The Bertz CT molecular complexity index is 182. The van der Waals surface area contributed by atoms with Crippen molar-refractivity contribution in [3.05, 3.63) is 0 Å². The van der Waals surface area contributed by atoms with Gasteiger partial charge < -0.3 is 10.2 Å². The number of rotatable bonds is 8. The van der Waals surface area contributed by atoms with Crippen LogP contribution in [0.25, 0.3) is 0 Å². The molecule has 0 spiro atoms. The van der Waals surface area contributed by atoms with E-state index >= 15 is 0 Å². The monoisotopic (exact) mass is 211 g/mol. The minimum atomic E-state index is 0.348. The Morgan fingerprint density at radius 2 is 1.87 bits per heavy atom. The zero-order chi connectivity index (χ0) is 11.7. The zero-order valence-corrected chi connectivity index (χ0v) is 10.6. The molecule has 3 heteroatoms. The summed E-state index contributed by atoms with van der Waals surface area (Å²) in [6, 6.07) is 3.04. The van der Waals surface area contributed by atoms with Crippen molar-refractivity contribution in [2.45, 2.75) is 52.6 Å². The largest absolute Gasteiger partial charge is 0.309 e. The number of likely N-dealkylation sites (N-methyl/N-ethyl adjacent to an activating group) is 1. The van der Waals surface area contributed by atoms with Gasteiger partial charge in [0, 0.05) is 18.6 Å². The predicted octanol–water partition coefficient (Wildman–Crippen LogP) is 2.00. The first-order valence-electron chi connectivity index (χ1n) is 6.03. The summed E-state index contributed by atoms with van der Waals surface area (Å²) in [4.78, 5) is 2.40. The Kier molecular flexibility index (Phi) is 8.35. The second-order valence-corrected chi connectivity index (χ2v) is 4.02. The van der Waals surface area contributed by atoms with Crippen molar-refractivity contribution in [2.24, 2.45) is 0 Å². The van der Waals surface area contributed by atoms with Gasteiger partial charge in [-0.25, -0.2) is 0 Å². The number of nitriles is 1. The van der Waals surface area contributed by atoms with Crippen LogP contribution in [0, 0.1) is 11.3 Å². The van der Waals surface area contributed by atoms with Crippen LogP contribution in [0.3, 0.4) is 0 Å². The van der Waals surface area contributed by atoms with Gasteiger partial charge in [0.25, 0.3) is 0 Å². The summed E-state index contributed by atoms with van der Waals surface area (Å²) < 4.78 is 0. The molecule has 0 aliphatic rings. The number of hydrogen-bond acceptors (Lipinski definition) is 3. The molecule has 0 fully saturated rings. The van der Waals surface area contributed by atoms with Crippen molar-refractivity contribution < 1.29 is 0 Å². The summed E-state index contributed by atoms with van der Waals surface area (Å²) in [6.45, 7) is 11.9. The third-order valence-electron chi connectivity index (χ3n) is 2.78. The molecular formula is C12H25N3. The highest BCUT2D eigenvalue weighted by Crippen LogP contribution is 2.00. The second-order valence-electron chi connectivity index (χ2n) is 4.02. The maximum absolute atomic E-state index is 8.65. The van der Waals surface area contributed by atoms with Gasteiger partial charge in [0.1, 0.15) is 0 Å². The molecular weight excluding hydrogens is 186 g/mol. The Balaban J connectivity index is 3.89. The van der Waals surface area contributed by atoms with Crippen LogP contribution in [0.15, 0.2) is 0 Å². The molecule has 0 heterocycles. The molecule has 2 atom stereocenters. The Hall–Kier alpha value is -0.590. The summed E-state index contributed by atoms with van der Waals surface area (Å²) in [5.41, 5.74) is 0. The normalized spacial score (nSPS) is 14.9. The van der Waals surface area contributed by atoms with E-state index in [4.69, 9.17) is 5.26 Å². The van der Waals surface area contributed by atoms with Crippen LogP contribution in [-0.2, 0) is 0 Å². The molecule has 0 bridgehead atoms. The van der Waals surface area contributed by atoms with Gasteiger partial charge in [0.15, 0.2) is 0 Å². The molecule has 0 rings (SSSR count). The van der Waals surface area contributed by atoms with Crippen molar-refractivity contribution in [1.82, 2.24) is 10.2 Å². The zero-order valence-electron chi connectivity index (χ0n) is 10.6. The number of nitrogens with zero attached hydrogens (tertiary/aromatic N) is 2. The van der Waals surface area contributed by atoms with Crippen molar-refractivity contribution in [1.29, 1.82) is 5.26 Å². The van der Waals surface area contributed by atoms with Crippen LogP contribution in [0.1, 0.15) is 40.5 Å². The van der Waals surface area contributed by atoms with E-state index in [9.17, 15) is 0 Å². The van der Waals surface area contributed by atoms with Crippen LogP contribution in [0.2, 0.25) is 0 Å². The van der Waals surface area contributed by atoms with Crippen molar-refractivity contribution in [3.63, 3.8) is 0 Å². The summed E-state index contributed by atoms with van der Waals surface area (Å²) in [5.74, 6) is 0. The van der Waals surface area contributed by atoms with Crippen LogP contribution in [0.5, 0.6) is 0 Å². The average molecular weight is 211 g/mol. The van der Waals surface area contributed by atoms with Crippen molar-refractivity contribution >= 4 is 0 Å². The molecule has 88 valence electrons. The summed E-state index contributed by atoms with van der Waals surface area (Å²) in [6.07, 6.45) is 1.63. The second kappa shape index (κ2) is 8.70. The molecule has 15 heavy (non-hydrogen) atoms. The van der Waals surface area contributed by atoms with E-state index in [1.807, 2.05) is 0 Å². The highest BCUT2D eigenvalue weighted by molar-refractivity contribution is 4.82. The van der Waals surface area contributed by atoms with E-state index < -0.39 is 0 Å². The Labute approximate surface area is 94.5 Å². The Morgan fingerprint density at radius 1 is 1.27 bits per heavy atom. The lowest BCUT2D eigenvalue weighted by molar-refractivity contribution is 0.260. The molecule has 0 aromatic rings. The smallest absolute Gasteiger partial charge is 0.0638 e. The van der Waals surface area contributed by atoms with E-state index in [2.05, 4.69) is 44.0 Å². The average Bonchev–Trinajstić information content (AvgIpc) is 2.25. The maximum Gasteiger partial charge on any atom is 0.0638 e. The molecule has 0 aromatic carbocycles. The van der Waals surface area contributed by atoms with Gasteiger partial charge in [0.05, 0.1) is 12.5 Å². The van der Waals surface area contributed by atoms with E-state index in [1.54, 1.807) is 0 Å². The summed E-state index contributed by atoms with van der Waals surface area (Å²) in [5, 5.41) is 12.2. The third kappa shape index (κ3) is 6.48. The standard InChI is InChI=1S/C12H25N3/c1-5-12(8-9-13)14-11(4)10-15(6-2)7-3/h11-12,14H,5-8,10H2,1-4H3.